The van der Waals surface area contributed by atoms with Crippen molar-refractivity contribution in [3.05, 3.63) is 30.0 Å². The molecule has 0 bridgehead atoms. The first-order valence-corrected chi connectivity index (χ1v) is 6.62. The Balaban J connectivity index is 1.81. The first-order chi connectivity index (χ1) is 9.65. The summed E-state index contributed by atoms with van der Waals surface area (Å²) in [6, 6.07) is 8.06. The lowest BCUT2D eigenvalue weighted by atomic mass is 10.2. The van der Waals surface area contributed by atoms with E-state index in [9.17, 15) is 4.79 Å². The SMILES string of the molecule is Cn1nc(CN2CCOC(C(=O)O)C2)c2ccccc21. The third-order valence-corrected chi connectivity index (χ3v) is 3.63. The predicted molar refractivity (Wildman–Crippen MR) is 73.4 cm³/mol. The highest BCUT2D eigenvalue weighted by Crippen LogP contribution is 2.19. The summed E-state index contributed by atoms with van der Waals surface area (Å²) in [6.45, 7) is 2.23. The summed E-state index contributed by atoms with van der Waals surface area (Å²) in [4.78, 5) is 13.1. The quantitative estimate of drug-likeness (QED) is 0.900. The van der Waals surface area contributed by atoms with Gasteiger partial charge in [0.1, 0.15) is 0 Å². The highest BCUT2D eigenvalue weighted by Gasteiger charge is 2.26. The van der Waals surface area contributed by atoms with Crippen LogP contribution >= 0.6 is 0 Å². The number of hydrogen-bond acceptors (Lipinski definition) is 4. The van der Waals surface area contributed by atoms with E-state index in [1.165, 1.54) is 0 Å². The van der Waals surface area contributed by atoms with E-state index in [0.29, 0.717) is 19.7 Å². The molecule has 1 fully saturated rings. The van der Waals surface area contributed by atoms with Crippen LogP contribution in [0.5, 0.6) is 0 Å². The minimum absolute atomic E-state index is 0.403. The van der Waals surface area contributed by atoms with Crippen molar-refractivity contribution in [2.75, 3.05) is 19.7 Å². The fourth-order valence-electron chi connectivity index (χ4n) is 2.61. The molecule has 3 rings (SSSR count). The molecule has 106 valence electrons. The molecule has 6 nitrogen and oxygen atoms in total. The number of carbonyl (C=O) groups is 1. The van der Waals surface area contributed by atoms with Crippen molar-refractivity contribution in [3.63, 3.8) is 0 Å². The summed E-state index contributed by atoms with van der Waals surface area (Å²) in [7, 11) is 1.92. The van der Waals surface area contributed by atoms with Gasteiger partial charge in [-0.25, -0.2) is 4.79 Å². The van der Waals surface area contributed by atoms with Gasteiger partial charge in [-0.15, -0.1) is 0 Å². The average molecular weight is 275 g/mol. The lowest BCUT2D eigenvalue weighted by Crippen LogP contribution is -2.45. The van der Waals surface area contributed by atoms with Crippen LogP contribution in [-0.2, 0) is 23.1 Å². The number of morpholine rings is 1. The van der Waals surface area contributed by atoms with Crippen LogP contribution in [0.2, 0.25) is 0 Å². The lowest BCUT2D eigenvalue weighted by molar-refractivity contribution is -0.156. The minimum Gasteiger partial charge on any atom is -0.479 e. The largest absolute Gasteiger partial charge is 0.479 e. The third-order valence-electron chi connectivity index (χ3n) is 3.63. The molecule has 1 saturated heterocycles. The zero-order chi connectivity index (χ0) is 14.1. The van der Waals surface area contributed by atoms with Gasteiger partial charge in [-0.3, -0.25) is 9.58 Å². The van der Waals surface area contributed by atoms with E-state index in [-0.39, 0.29) is 0 Å². The van der Waals surface area contributed by atoms with Gasteiger partial charge in [0.2, 0.25) is 0 Å². The molecule has 20 heavy (non-hydrogen) atoms. The number of ether oxygens (including phenoxy) is 1. The molecular formula is C14H17N3O3. The van der Waals surface area contributed by atoms with Crippen molar-refractivity contribution >= 4 is 16.9 Å². The monoisotopic (exact) mass is 275 g/mol. The van der Waals surface area contributed by atoms with Gasteiger partial charge in [-0.05, 0) is 6.07 Å². The number of aromatic nitrogens is 2. The Bertz CT molecular complexity index is 638. The van der Waals surface area contributed by atoms with E-state index in [1.807, 2.05) is 36.0 Å². The van der Waals surface area contributed by atoms with E-state index in [2.05, 4.69) is 10.00 Å². The summed E-state index contributed by atoms with van der Waals surface area (Å²) >= 11 is 0. The first kappa shape index (κ1) is 13.1. The highest BCUT2D eigenvalue weighted by molar-refractivity contribution is 5.81. The van der Waals surface area contributed by atoms with Crippen LogP contribution in [0, 0.1) is 0 Å². The van der Waals surface area contributed by atoms with Gasteiger partial charge >= 0.3 is 5.97 Å². The van der Waals surface area contributed by atoms with Gasteiger partial charge in [0, 0.05) is 32.1 Å². The summed E-state index contributed by atoms with van der Waals surface area (Å²) in [5.74, 6) is -0.902. The van der Waals surface area contributed by atoms with Gasteiger partial charge in [-0.1, -0.05) is 18.2 Å². The number of carboxylic acids is 1. The molecule has 2 aromatic rings. The summed E-state index contributed by atoms with van der Waals surface area (Å²) in [6.07, 6.45) is -0.737. The second-order valence-corrected chi connectivity index (χ2v) is 5.02. The highest BCUT2D eigenvalue weighted by atomic mass is 16.5. The Kier molecular flexibility index (Phi) is 3.42. The average Bonchev–Trinajstić information content (AvgIpc) is 2.76. The molecule has 0 amide bonds. The standard InChI is InChI=1S/C14H17N3O3/c1-16-12-5-3-2-4-10(12)11(15-16)8-17-6-7-20-13(9-17)14(18)19/h2-5,13H,6-9H2,1H3,(H,18,19). The number of aliphatic carboxylic acids is 1. The maximum atomic E-state index is 11.0. The zero-order valence-electron chi connectivity index (χ0n) is 11.3. The molecule has 1 unspecified atom stereocenters. The summed E-state index contributed by atoms with van der Waals surface area (Å²) in [5, 5.41) is 14.7. The van der Waals surface area contributed by atoms with Crippen molar-refractivity contribution in [3.8, 4) is 0 Å². The topological polar surface area (TPSA) is 67.6 Å². The van der Waals surface area contributed by atoms with Crippen LogP contribution in [0.25, 0.3) is 10.9 Å². The number of fused-ring (bicyclic) bond motifs is 1. The van der Waals surface area contributed by atoms with Crippen molar-refractivity contribution in [2.45, 2.75) is 12.6 Å². The maximum Gasteiger partial charge on any atom is 0.334 e. The molecule has 0 saturated carbocycles. The molecule has 1 aromatic carbocycles. The van der Waals surface area contributed by atoms with Crippen LogP contribution in [0.3, 0.4) is 0 Å². The fourth-order valence-corrected chi connectivity index (χ4v) is 2.61. The second-order valence-electron chi connectivity index (χ2n) is 5.02. The molecule has 0 spiro atoms. The number of hydrogen-bond donors (Lipinski definition) is 1. The number of nitrogens with zero attached hydrogens (tertiary/aromatic N) is 3. The molecule has 2 heterocycles. The minimum atomic E-state index is -0.902. The molecule has 6 heteroatoms. The number of benzene rings is 1. The Labute approximate surface area is 116 Å². The molecule has 1 atom stereocenters. The normalized spacial score (nSPS) is 20.4. The van der Waals surface area contributed by atoms with Crippen LogP contribution in [-0.4, -0.2) is 51.6 Å². The van der Waals surface area contributed by atoms with Crippen LogP contribution in [0.15, 0.2) is 24.3 Å². The van der Waals surface area contributed by atoms with Gasteiger partial charge in [0.05, 0.1) is 17.8 Å². The number of para-hydroxylation sites is 1. The molecule has 0 radical (unpaired) electrons. The van der Waals surface area contributed by atoms with E-state index in [0.717, 1.165) is 23.1 Å². The smallest absolute Gasteiger partial charge is 0.334 e. The van der Waals surface area contributed by atoms with Gasteiger partial charge in [-0.2, -0.15) is 5.10 Å². The van der Waals surface area contributed by atoms with E-state index in [1.54, 1.807) is 0 Å². The second kappa shape index (κ2) is 5.22. The zero-order valence-corrected chi connectivity index (χ0v) is 11.3. The van der Waals surface area contributed by atoms with Crippen LogP contribution < -0.4 is 0 Å². The number of rotatable bonds is 3. The molecule has 1 aromatic heterocycles. The van der Waals surface area contributed by atoms with Crippen molar-refractivity contribution in [1.29, 1.82) is 0 Å². The number of carboxylic acid groups (broad SMARTS) is 1. The van der Waals surface area contributed by atoms with E-state index >= 15 is 0 Å². The Hall–Kier alpha value is -1.92. The first-order valence-electron chi connectivity index (χ1n) is 6.62. The van der Waals surface area contributed by atoms with Crippen LogP contribution in [0.1, 0.15) is 5.69 Å². The van der Waals surface area contributed by atoms with E-state index < -0.39 is 12.1 Å². The van der Waals surface area contributed by atoms with Gasteiger partial charge < -0.3 is 9.84 Å². The van der Waals surface area contributed by atoms with Crippen molar-refractivity contribution in [2.24, 2.45) is 7.05 Å². The van der Waals surface area contributed by atoms with Gasteiger partial charge in [0.25, 0.3) is 0 Å². The Morgan fingerprint density at radius 2 is 2.30 bits per heavy atom. The summed E-state index contributed by atoms with van der Waals surface area (Å²) in [5.41, 5.74) is 2.07. The summed E-state index contributed by atoms with van der Waals surface area (Å²) < 4.78 is 7.09. The molecule has 1 aliphatic heterocycles. The number of aryl methyl sites for hydroxylation is 1. The van der Waals surface area contributed by atoms with Gasteiger partial charge in [0.15, 0.2) is 6.10 Å². The Morgan fingerprint density at radius 1 is 1.50 bits per heavy atom. The van der Waals surface area contributed by atoms with E-state index in [4.69, 9.17) is 9.84 Å². The lowest BCUT2D eigenvalue weighted by Gasteiger charge is -2.30. The molecule has 1 N–H and O–H groups in total. The maximum absolute atomic E-state index is 11.0. The molecule has 0 aliphatic carbocycles. The molecule has 1 aliphatic rings. The van der Waals surface area contributed by atoms with Crippen molar-refractivity contribution < 1.29 is 14.6 Å². The fraction of sp³-hybridized carbons (Fsp3) is 0.429. The third kappa shape index (κ3) is 2.39. The Morgan fingerprint density at radius 3 is 3.10 bits per heavy atom. The predicted octanol–water partition coefficient (Wildman–Crippen LogP) is 0.859. The van der Waals surface area contributed by atoms with Crippen LogP contribution in [0.4, 0.5) is 0 Å². The molecular weight excluding hydrogens is 258 g/mol. The van der Waals surface area contributed by atoms with Crippen molar-refractivity contribution in [1.82, 2.24) is 14.7 Å².